The predicted octanol–water partition coefficient (Wildman–Crippen LogP) is 2.29. The second-order valence-electron chi connectivity index (χ2n) is 5.23. The molecule has 0 spiro atoms. The number of hydrogen-bond acceptors (Lipinski definition) is 2. The number of nitrogens with one attached hydrogen (secondary N) is 2. The van der Waals surface area contributed by atoms with Gasteiger partial charge in [0.2, 0.25) is 5.91 Å². The average Bonchev–Trinajstić information content (AvgIpc) is 2.88. The van der Waals surface area contributed by atoms with Crippen molar-refractivity contribution in [3.8, 4) is 0 Å². The number of anilines is 1. The molecule has 2 amide bonds. The van der Waals surface area contributed by atoms with Crippen molar-refractivity contribution in [2.45, 2.75) is 12.8 Å². The van der Waals surface area contributed by atoms with E-state index >= 15 is 0 Å². The normalized spacial score (nSPS) is 12.7. The van der Waals surface area contributed by atoms with Crippen molar-refractivity contribution >= 4 is 17.5 Å². The van der Waals surface area contributed by atoms with Crippen molar-refractivity contribution in [3.05, 3.63) is 65.0 Å². The SMILES string of the molecule is O=C1Cc2cc(C(=O)NCCc3ccc(F)cc3)ccc2N1. The van der Waals surface area contributed by atoms with E-state index in [1.54, 1.807) is 30.3 Å². The lowest BCUT2D eigenvalue weighted by atomic mass is 10.1. The van der Waals surface area contributed by atoms with Gasteiger partial charge in [-0.25, -0.2) is 4.39 Å². The Balaban J connectivity index is 1.57. The molecule has 3 rings (SSSR count). The van der Waals surface area contributed by atoms with Crippen LogP contribution >= 0.6 is 0 Å². The second-order valence-corrected chi connectivity index (χ2v) is 5.23. The number of benzene rings is 2. The number of rotatable bonds is 4. The minimum absolute atomic E-state index is 0.0520. The Morgan fingerprint density at radius 1 is 1.18 bits per heavy atom. The van der Waals surface area contributed by atoms with Crippen molar-refractivity contribution in [3.63, 3.8) is 0 Å². The summed E-state index contributed by atoms with van der Waals surface area (Å²) in [6.07, 6.45) is 0.947. The fourth-order valence-corrected chi connectivity index (χ4v) is 2.44. The molecular weight excluding hydrogens is 283 g/mol. The summed E-state index contributed by atoms with van der Waals surface area (Å²) >= 11 is 0. The molecule has 1 aliphatic heterocycles. The summed E-state index contributed by atoms with van der Waals surface area (Å²) in [6, 6.07) is 11.4. The maximum atomic E-state index is 12.8. The number of halogens is 1. The number of amides is 2. The van der Waals surface area contributed by atoms with Crippen LogP contribution in [-0.4, -0.2) is 18.4 Å². The van der Waals surface area contributed by atoms with Crippen molar-refractivity contribution < 1.29 is 14.0 Å². The number of carbonyl (C=O) groups excluding carboxylic acids is 2. The third-order valence-electron chi connectivity index (χ3n) is 3.61. The van der Waals surface area contributed by atoms with E-state index in [-0.39, 0.29) is 17.6 Å². The highest BCUT2D eigenvalue weighted by Crippen LogP contribution is 2.23. The largest absolute Gasteiger partial charge is 0.352 e. The van der Waals surface area contributed by atoms with Crippen LogP contribution in [0, 0.1) is 5.82 Å². The maximum Gasteiger partial charge on any atom is 0.251 e. The molecular formula is C17H15FN2O2. The van der Waals surface area contributed by atoms with E-state index in [0.29, 0.717) is 24.9 Å². The van der Waals surface area contributed by atoms with Gasteiger partial charge in [-0.2, -0.15) is 0 Å². The summed E-state index contributed by atoms with van der Waals surface area (Å²) in [7, 11) is 0. The first kappa shape index (κ1) is 14.3. The Hall–Kier alpha value is -2.69. The van der Waals surface area contributed by atoms with Gasteiger partial charge in [-0.1, -0.05) is 12.1 Å². The number of hydrogen-bond donors (Lipinski definition) is 2. The van der Waals surface area contributed by atoms with Crippen LogP contribution in [0.1, 0.15) is 21.5 Å². The van der Waals surface area contributed by atoms with Gasteiger partial charge in [-0.05, 0) is 47.9 Å². The van der Waals surface area contributed by atoms with Gasteiger partial charge < -0.3 is 10.6 Å². The first-order valence-electron chi connectivity index (χ1n) is 7.07. The molecule has 0 aromatic heterocycles. The molecule has 22 heavy (non-hydrogen) atoms. The molecule has 0 unspecified atom stereocenters. The minimum Gasteiger partial charge on any atom is -0.352 e. The van der Waals surface area contributed by atoms with Crippen LogP contribution in [0.25, 0.3) is 0 Å². The molecule has 0 radical (unpaired) electrons. The minimum atomic E-state index is -0.269. The zero-order valence-electron chi connectivity index (χ0n) is 11.9. The van der Waals surface area contributed by atoms with E-state index in [9.17, 15) is 14.0 Å². The van der Waals surface area contributed by atoms with Gasteiger partial charge in [0.25, 0.3) is 5.91 Å². The number of fused-ring (bicyclic) bond motifs is 1. The first-order chi connectivity index (χ1) is 10.6. The van der Waals surface area contributed by atoms with Crippen molar-refractivity contribution in [1.29, 1.82) is 0 Å². The quantitative estimate of drug-likeness (QED) is 0.910. The Morgan fingerprint density at radius 3 is 2.73 bits per heavy atom. The Kier molecular flexibility index (Phi) is 3.87. The van der Waals surface area contributed by atoms with E-state index in [4.69, 9.17) is 0 Å². The van der Waals surface area contributed by atoms with Crippen LogP contribution in [0.5, 0.6) is 0 Å². The van der Waals surface area contributed by atoms with Gasteiger partial charge in [-0.3, -0.25) is 9.59 Å². The van der Waals surface area contributed by atoms with E-state index in [0.717, 1.165) is 16.8 Å². The lowest BCUT2D eigenvalue weighted by Crippen LogP contribution is -2.25. The van der Waals surface area contributed by atoms with E-state index in [1.165, 1.54) is 12.1 Å². The first-order valence-corrected chi connectivity index (χ1v) is 7.07. The van der Waals surface area contributed by atoms with E-state index < -0.39 is 0 Å². The molecule has 1 aliphatic rings. The molecule has 2 aromatic rings. The molecule has 4 nitrogen and oxygen atoms in total. The van der Waals surface area contributed by atoms with Crippen molar-refractivity contribution in [1.82, 2.24) is 5.32 Å². The van der Waals surface area contributed by atoms with Gasteiger partial charge in [0, 0.05) is 17.8 Å². The van der Waals surface area contributed by atoms with Crippen molar-refractivity contribution in [2.24, 2.45) is 0 Å². The molecule has 112 valence electrons. The topological polar surface area (TPSA) is 58.2 Å². The van der Waals surface area contributed by atoms with Crippen LogP contribution in [0.15, 0.2) is 42.5 Å². The highest BCUT2D eigenvalue weighted by atomic mass is 19.1. The Labute approximate surface area is 127 Å². The van der Waals surface area contributed by atoms with Gasteiger partial charge in [-0.15, -0.1) is 0 Å². The molecule has 0 saturated heterocycles. The molecule has 0 aliphatic carbocycles. The molecule has 0 atom stereocenters. The molecule has 2 N–H and O–H groups in total. The highest BCUT2D eigenvalue weighted by Gasteiger charge is 2.18. The summed E-state index contributed by atoms with van der Waals surface area (Å²) in [6.45, 7) is 0.471. The molecule has 0 saturated carbocycles. The van der Waals surface area contributed by atoms with Crippen LogP contribution in [0.4, 0.5) is 10.1 Å². The van der Waals surface area contributed by atoms with Gasteiger partial charge >= 0.3 is 0 Å². The van der Waals surface area contributed by atoms with Crippen LogP contribution in [0.3, 0.4) is 0 Å². The Bertz CT molecular complexity index is 726. The highest BCUT2D eigenvalue weighted by molar-refractivity contribution is 6.01. The smallest absolute Gasteiger partial charge is 0.251 e. The van der Waals surface area contributed by atoms with E-state index in [2.05, 4.69) is 10.6 Å². The zero-order chi connectivity index (χ0) is 15.5. The summed E-state index contributed by atoms with van der Waals surface area (Å²) in [5, 5.41) is 5.56. The lowest BCUT2D eigenvalue weighted by Gasteiger charge is -2.07. The molecule has 5 heteroatoms. The summed E-state index contributed by atoms with van der Waals surface area (Å²) in [4.78, 5) is 23.4. The standard InChI is InChI=1S/C17H15FN2O2/c18-14-4-1-11(2-5-14)7-8-19-17(22)12-3-6-15-13(9-12)10-16(21)20-15/h1-6,9H,7-8,10H2,(H,19,22)(H,20,21). The zero-order valence-corrected chi connectivity index (χ0v) is 11.9. The van der Waals surface area contributed by atoms with Crippen LogP contribution < -0.4 is 10.6 Å². The van der Waals surface area contributed by atoms with Crippen molar-refractivity contribution in [2.75, 3.05) is 11.9 Å². The molecule has 1 heterocycles. The van der Waals surface area contributed by atoms with E-state index in [1.807, 2.05) is 0 Å². The monoisotopic (exact) mass is 298 g/mol. The fourth-order valence-electron chi connectivity index (χ4n) is 2.44. The fraction of sp³-hybridized carbons (Fsp3) is 0.176. The van der Waals surface area contributed by atoms with Crippen LogP contribution in [-0.2, 0) is 17.6 Å². The van der Waals surface area contributed by atoms with Gasteiger partial charge in [0.05, 0.1) is 6.42 Å². The molecule has 0 bridgehead atoms. The van der Waals surface area contributed by atoms with Gasteiger partial charge in [0.15, 0.2) is 0 Å². The summed E-state index contributed by atoms with van der Waals surface area (Å²) in [5.41, 5.74) is 3.11. The molecule has 0 fully saturated rings. The maximum absolute atomic E-state index is 12.8. The number of carbonyl (C=O) groups is 2. The Morgan fingerprint density at radius 2 is 1.95 bits per heavy atom. The molecule has 2 aromatic carbocycles. The second kappa shape index (κ2) is 5.97. The average molecular weight is 298 g/mol. The lowest BCUT2D eigenvalue weighted by molar-refractivity contribution is -0.115. The van der Waals surface area contributed by atoms with Gasteiger partial charge in [0.1, 0.15) is 5.82 Å². The third kappa shape index (κ3) is 3.14. The summed E-state index contributed by atoms with van der Waals surface area (Å²) < 4.78 is 12.8. The summed E-state index contributed by atoms with van der Waals surface area (Å²) in [5.74, 6) is -0.498. The van der Waals surface area contributed by atoms with Crippen LogP contribution in [0.2, 0.25) is 0 Å². The predicted molar refractivity (Wildman–Crippen MR) is 81.2 cm³/mol. The third-order valence-corrected chi connectivity index (χ3v) is 3.61.